The molecule has 1 aromatic carbocycles. The van der Waals surface area contributed by atoms with E-state index < -0.39 is 41.4 Å². The number of nitrogens with one attached hydrogen (secondary N) is 3. The molecule has 5 rings (SSSR count). The highest BCUT2D eigenvalue weighted by molar-refractivity contribution is 5.96. The molecule has 0 radical (unpaired) electrons. The van der Waals surface area contributed by atoms with Gasteiger partial charge in [0.2, 0.25) is 23.6 Å². The van der Waals surface area contributed by atoms with Gasteiger partial charge in [0.25, 0.3) is 0 Å². The van der Waals surface area contributed by atoms with Crippen LogP contribution in [0.3, 0.4) is 0 Å². The number of halogens is 3. The van der Waals surface area contributed by atoms with Gasteiger partial charge in [0.1, 0.15) is 29.3 Å². The number of hydrogen-bond donors (Lipinski definition) is 3. The summed E-state index contributed by atoms with van der Waals surface area (Å²) in [7, 11) is 3.69. The zero-order valence-electron chi connectivity index (χ0n) is 27.1. The van der Waals surface area contributed by atoms with Gasteiger partial charge < -0.3 is 20.4 Å². The van der Waals surface area contributed by atoms with Crippen LogP contribution in [0.1, 0.15) is 69.2 Å². The van der Waals surface area contributed by atoms with E-state index in [0.29, 0.717) is 43.3 Å². The number of nitrogens with zero attached hydrogens (tertiary/aromatic N) is 6. The van der Waals surface area contributed by atoms with Crippen LogP contribution in [0.5, 0.6) is 0 Å². The normalized spacial score (nSPS) is 19.2. The van der Waals surface area contributed by atoms with Crippen LogP contribution in [0, 0.1) is 11.7 Å². The first-order valence-electron chi connectivity index (χ1n) is 16.0. The molecule has 2 aliphatic rings. The molecular weight excluding hydrogens is 615 g/mol. The summed E-state index contributed by atoms with van der Waals surface area (Å²) in [4.78, 5) is 48.1. The molecule has 3 atom stereocenters. The number of H-pyrrole nitrogens is 1. The van der Waals surface area contributed by atoms with E-state index in [1.807, 2.05) is 7.05 Å². The molecular formula is C32H42F3N9O3. The van der Waals surface area contributed by atoms with E-state index in [0.717, 1.165) is 0 Å². The zero-order chi connectivity index (χ0) is 33.9. The number of aromatic amines is 1. The van der Waals surface area contributed by atoms with Crippen LogP contribution >= 0.6 is 0 Å². The Labute approximate surface area is 271 Å². The molecule has 15 heteroatoms. The number of piperazine rings is 1. The Bertz CT molecular complexity index is 1570. The lowest BCUT2D eigenvalue weighted by atomic mass is 9.77. The van der Waals surface area contributed by atoms with Crippen molar-refractivity contribution in [2.45, 2.75) is 69.8 Å². The van der Waals surface area contributed by atoms with Crippen LogP contribution in [0.25, 0.3) is 11.5 Å². The Morgan fingerprint density at radius 3 is 2.40 bits per heavy atom. The zero-order valence-corrected chi connectivity index (χ0v) is 27.1. The molecule has 0 bridgehead atoms. The van der Waals surface area contributed by atoms with Crippen LogP contribution in [0.15, 0.2) is 30.5 Å². The number of carbonyl (C=O) groups is 3. The van der Waals surface area contributed by atoms with Crippen molar-refractivity contribution in [1.29, 1.82) is 0 Å². The Balaban J connectivity index is 1.36. The minimum atomic E-state index is -2.81. The van der Waals surface area contributed by atoms with Gasteiger partial charge in [0.15, 0.2) is 5.82 Å². The number of aryl methyl sites for hydroxylation is 1. The molecule has 3 N–H and O–H groups in total. The SMILES string of the molecule is CCC(=O)N[C@@H](C(=O)N1CCN(C)CC1)[C@@H](C)c1ccc(NC(=O)[C@@H](c2nc(-c3ccnn3C)n[nH]2)C2CCC(F)(F)CC2)c(F)c1. The predicted octanol–water partition coefficient (Wildman–Crippen LogP) is 3.66. The smallest absolute Gasteiger partial charge is 0.248 e. The number of benzene rings is 1. The predicted molar refractivity (Wildman–Crippen MR) is 168 cm³/mol. The largest absolute Gasteiger partial charge is 0.344 e. The van der Waals surface area contributed by atoms with E-state index in [4.69, 9.17) is 0 Å². The molecule has 3 aromatic rings. The number of alkyl halides is 2. The first kappa shape index (κ1) is 34.1. The quantitative estimate of drug-likeness (QED) is 0.302. The van der Waals surface area contributed by atoms with Gasteiger partial charge in [-0.15, -0.1) is 0 Å². The lowest BCUT2D eigenvalue weighted by Crippen LogP contribution is -2.55. The van der Waals surface area contributed by atoms with Gasteiger partial charge in [-0.25, -0.2) is 18.2 Å². The third-order valence-corrected chi connectivity index (χ3v) is 9.36. The number of carbonyl (C=O) groups excluding carboxylic acids is 3. The van der Waals surface area contributed by atoms with Crippen LogP contribution in [-0.2, 0) is 21.4 Å². The van der Waals surface area contributed by atoms with Crippen molar-refractivity contribution in [2.75, 3.05) is 38.5 Å². The maximum atomic E-state index is 15.7. The highest BCUT2D eigenvalue weighted by Gasteiger charge is 2.42. The van der Waals surface area contributed by atoms with Crippen LogP contribution in [0.2, 0.25) is 0 Å². The van der Waals surface area contributed by atoms with Gasteiger partial charge in [0.05, 0.1) is 5.69 Å². The number of amides is 3. The highest BCUT2D eigenvalue weighted by atomic mass is 19.3. The fraction of sp³-hybridized carbons (Fsp3) is 0.562. The molecule has 0 unspecified atom stereocenters. The van der Waals surface area contributed by atoms with Crippen molar-refractivity contribution in [3.8, 4) is 11.5 Å². The van der Waals surface area contributed by atoms with E-state index in [1.54, 1.807) is 48.8 Å². The molecule has 12 nitrogen and oxygen atoms in total. The Kier molecular flexibility index (Phi) is 10.3. The van der Waals surface area contributed by atoms with Gasteiger partial charge in [-0.2, -0.15) is 10.2 Å². The molecule has 1 aliphatic carbocycles. The molecule has 1 aliphatic heterocycles. The minimum absolute atomic E-state index is 0.0813. The maximum Gasteiger partial charge on any atom is 0.248 e. The summed E-state index contributed by atoms with van der Waals surface area (Å²) in [6.07, 6.45) is 1.19. The molecule has 3 heterocycles. The number of hydrogen-bond acceptors (Lipinski definition) is 7. The molecule has 3 amide bonds. The van der Waals surface area contributed by atoms with Crippen molar-refractivity contribution in [3.63, 3.8) is 0 Å². The molecule has 0 spiro atoms. The molecule has 1 saturated heterocycles. The Morgan fingerprint density at radius 1 is 1.09 bits per heavy atom. The van der Waals surface area contributed by atoms with E-state index in [1.165, 1.54) is 12.1 Å². The minimum Gasteiger partial charge on any atom is -0.344 e. The lowest BCUT2D eigenvalue weighted by Gasteiger charge is -2.36. The van der Waals surface area contributed by atoms with Crippen LogP contribution < -0.4 is 10.6 Å². The first-order valence-corrected chi connectivity index (χ1v) is 16.0. The number of rotatable bonds is 10. The second-order valence-corrected chi connectivity index (χ2v) is 12.6. The van der Waals surface area contributed by atoms with E-state index in [2.05, 4.69) is 35.8 Å². The monoisotopic (exact) mass is 657 g/mol. The van der Waals surface area contributed by atoms with Gasteiger partial charge in [-0.05, 0) is 49.6 Å². The number of aromatic nitrogens is 5. The average Bonchev–Trinajstić information content (AvgIpc) is 3.70. The van der Waals surface area contributed by atoms with Crippen molar-refractivity contribution < 1.29 is 27.6 Å². The standard InChI is InChI=1S/C32H42F3N9O3/c1-5-25(45)38-27(31(47)44-16-14-42(3)15-17-44)19(2)21-6-7-23(22(33)18-21)37-30(46)26(20-8-11-32(34,35)12-9-20)29-39-28(40-41-29)24-10-13-36-43(24)4/h6-7,10,13,18-20,26-27H,5,8-9,11-12,14-17H2,1-4H3,(H,37,46)(H,38,45)(H,39,40,41)/t19-,26+,27+/m0/s1. The third kappa shape index (κ3) is 7.83. The number of likely N-dealkylation sites (N-methyl/N-ethyl adjacent to an activating group) is 1. The first-order chi connectivity index (χ1) is 22.4. The average molecular weight is 658 g/mol. The topological polar surface area (TPSA) is 141 Å². The maximum absolute atomic E-state index is 15.7. The van der Waals surface area contributed by atoms with Crippen molar-refractivity contribution in [3.05, 3.63) is 47.7 Å². The molecule has 47 heavy (non-hydrogen) atoms. The van der Waals surface area contributed by atoms with Gasteiger partial charge in [0, 0.05) is 64.6 Å². The molecule has 2 fully saturated rings. The highest BCUT2D eigenvalue weighted by Crippen LogP contribution is 2.42. The Hall–Kier alpha value is -4.27. The summed E-state index contributed by atoms with van der Waals surface area (Å²) in [6.45, 7) is 5.91. The fourth-order valence-corrected chi connectivity index (χ4v) is 6.30. The summed E-state index contributed by atoms with van der Waals surface area (Å²) >= 11 is 0. The van der Waals surface area contributed by atoms with E-state index >= 15 is 4.39 Å². The van der Waals surface area contributed by atoms with Crippen molar-refractivity contribution in [2.24, 2.45) is 13.0 Å². The van der Waals surface area contributed by atoms with Crippen molar-refractivity contribution >= 4 is 23.4 Å². The van der Waals surface area contributed by atoms with Gasteiger partial charge >= 0.3 is 0 Å². The fourth-order valence-electron chi connectivity index (χ4n) is 6.30. The molecule has 1 saturated carbocycles. The number of anilines is 1. The summed E-state index contributed by atoms with van der Waals surface area (Å²) in [5.41, 5.74) is 0.951. The third-order valence-electron chi connectivity index (χ3n) is 9.36. The van der Waals surface area contributed by atoms with Crippen LogP contribution in [0.4, 0.5) is 18.9 Å². The van der Waals surface area contributed by atoms with E-state index in [9.17, 15) is 23.2 Å². The van der Waals surface area contributed by atoms with Gasteiger partial charge in [-0.1, -0.05) is 19.9 Å². The molecule has 254 valence electrons. The Morgan fingerprint density at radius 2 is 1.79 bits per heavy atom. The van der Waals surface area contributed by atoms with Crippen molar-refractivity contribution in [1.82, 2.24) is 40.1 Å². The van der Waals surface area contributed by atoms with Gasteiger partial charge in [-0.3, -0.25) is 24.2 Å². The summed E-state index contributed by atoms with van der Waals surface area (Å²) in [5, 5.41) is 16.6. The second-order valence-electron chi connectivity index (χ2n) is 12.6. The van der Waals surface area contributed by atoms with E-state index in [-0.39, 0.29) is 55.4 Å². The lowest BCUT2D eigenvalue weighted by molar-refractivity contribution is -0.138. The summed E-state index contributed by atoms with van der Waals surface area (Å²) in [5.74, 6) is -6.24. The van der Waals surface area contributed by atoms with Crippen LogP contribution in [-0.4, -0.2) is 97.7 Å². The summed E-state index contributed by atoms with van der Waals surface area (Å²) in [6, 6.07) is 5.06. The second kappa shape index (κ2) is 14.2. The summed E-state index contributed by atoms with van der Waals surface area (Å²) < 4.78 is 45.3. The molecule has 2 aromatic heterocycles.